The fourth-order valence-electron chi connectivity index (χ4n) is 11.1. The minimum atomic E-state index is -1.10. The summed E-state index contributed by atoms with van der Waals surface area (Å²) in [6.45, 7) is 14.0. The molecule has 0 radical (unpaired) electrons. The van der Waals surface area contributed by atoms with E-state index in [1.807, 2.05) is 74.0 Å². The second-order valence-electron chi connectivity index (χ2n) is 20.3. The van der Waals surface area contributed by atoms with Gasteiger partial charge in [0.1, 0.15) is 30.9 Å². The molecule has 6 atom stereocenters. The number of aromatic nitrogens is 5. The molecule has 6 aromatic rings. The Labute approximate surface area is 439 Å². The number of ether oxygens (including phenoxy) is 2. The van der Waals surface area contributed by atoms with E-state index in [4.69, 9.17) is 19.7 Å². The summed E-state index contributed by atoms with van der Waals surface area (Å²) in [5.74, 6) is -2.79. The zero-order valence-corrected chi connectivity index (χ0v) is 43.5. The number of aryl methyl sites for hydroxylation is 1. The van der Waals surface area contributed by atoms with Gasteiger partial charge in [0.25, 0.3) is 5.88 Å². The molecule has 0 saturated carbocycles. The van der Waals surface area contributed by atoms with Gasteiger partial charge in [-0.25, -0.2) is 9.97 Å². The highest BCUT2D eigenvalue weighted by Crippen LogP contribution is 2.40. The number of benzene rings is 2. The van der Waals surface area contributed by atoms with Crippen molar-refractivity contribution in [2.24, 2.45) is 5.92 Å². The summed E-state index contributed by atoms with van der Waals surface area (Å²) < 4.78 is 33.5. The van der Waals surface area contributed by atoms with E-state index in [9.17, 15) is 19.8 Å². The summed E-state index contributed by atoms with van der Waals surface area (Å²) in [5, 5.41) is 36.6. The van der Waals surface area contributed by atoms with E-state index in [-0.39, 0.29) is 55.1 Å². The third-order valence-corrected chi connectivity index (χ3v) is 16.1. The molecule has 19 nitrogen and oxygen atoms in total. The molecule has 8 heterocycles. The second kappa shape index (κ2) is 22.5. The lowest BCUT2D eigenvalue weighted by atomic mass is 9.91. The number of hydrogen-bond acceptors (Lipinski definition) is 18. The second-order valence-corrected chi connectivity index (χ2v) is 21.2. The maximum absolute atomic E-state index is 16.0. The number of fused-ring (bicyclic) bond motifs is 2. The van der Waals surface area contributed by atoms with Crippen molar-refractivity contribution in [3.63, 3.8) is 0 Å². The first kappa shape index (κ1) is 51.5. The van der Waals surface area contributed by atoms with E-state index in [1.165, 1.54) is 4.90 Å². The number of pyridine rings is 1. The number of nitrogen functional groups attached to an aromatic ring is 1. The standard InChI is InChI=1S/C54H65FN12O7S/c1-32(2)47(54(71)66-30-40(68)26-44(66)52(70)59-33(3)35-9-11-36(12-10-35)50-34(4)58-31-75-50)49-48(55)53(62-74-49)73-24-22-64-19-17-63(18-20-64)21-23-72-46-25-37(15-16-57-46)67-38-13-14-39(67)29-65(28-38)43-27-42(60-61-51(43)56)41-7-5-6-8-45(41)69/h5-12,15-16,25,27,31-33,38-40,44,47,68-69H,13-14,17-24,26,28-30H2,1-4H3,(H2,56,61)(H,59,70)/t33-,38?,39?,40+,44-,47+/m0/s1. The number of halogens is 1. The topological polar surface area (TPSA) is 225 Å². The summed E-state index contributed by atoms with van der Waals surface area (Å²) in [7, 11) is 0. The predicted octanol–water partition coefficient (Wildman–Crippen LogP) is 5.90. The van der Waals surface area contributed by atoms with Crippen molar-refractivity contribution in [2.45, 2.75) is 83.1 Å². The first-order chi connectivity index (χ1) is 36.3. The van der Waals surface area contributed by atoms with Gasteiger partial charge in [0.05, 0.1) is 39.6 Å². The number of phenolic OH excluding ortho intramolecular Hbond substituents is 1. The summed E-state index contributed by atoms with van der Waals surface area (Å²) >= 11 is 1.57. The number of nitrogens with two attached hydrogens (primary N) is 1. The number of nitrogens with one attached hydrogen (secondary N) is 1. The van der Waals surface area contributed by atoms with Gasteiger partial charge in [0.15, 0.2) is 11.6 Å². The lowest BCUT2D eigenvalue weighted by Gasteiger charge is -2.43. The number of nitrogens with zero attached hydrogens (tertiary/aromatic N) is 10. The van der Waals surface area contributed by atoms with E-state index in [2.05, 4.69) is 50.2 Å². The van der Waals surface area contributed by atoms with Gasteiger partial charge in [-0.15, -0.1) is 21.5 Å². The molecule has 4 fully saturated rings. The van der Waals surface area contributed by atoms with Crippen molar-refractivity contribution in [1.29, 1.82) is 0 Å². The molecule has 2 unspecified atom stereocenters. The van der Waals surface area contributed by atoms with Gasteiger partial charge in [-0.1, -0.05) is 50.2 Å². The summed E-state index contributed by atoms with van der Waals surface area (Å²) in [6, 6.07) is 20.2. The molecule has 5 N–H and O–H groups in total. The molecular weight excluding hydrogens is 980 g/mol. The van der Waals surface area contributed by atoms with Crippen molar-refractivity contribution >= 4 is 40.3 Å². The first-order valence-electron chi connectivity index (χ1n) is 25.8. The van der Waals surface area contributed by atoms with Gasteiger partial charge in [-0.2, -0.15) is 4.39 Å². The third-order valence-electron chi connectivity index (χ3n) is 15.1. The lowest BCUT2D eigenvalue weighted by Crippen LogP contribution is -2.54. The van der Waals surface area contributed by atoms with Crippen LogP contribution in [-0.2, 0) is 9.59 Å². The molecule has 4 aliphatic heterocycles. The number of aliphatic hydroxyl groups excluding tert-OH is 1. The van der Waals surface area contributed by atoms with Crippen LogP contribution in [0.15, 0.2) is 83.0 Å². The maximum Gasteiger partial charge on any atom is 0.291 e. The number of likely N-dealkylation sites (tertiary alicyclic amines) is 1. The van der Waals surface area contributed by atoms with Gasteiger partial charge in [0, 0.05) is 101 Å². The van der Waals surface area contributed by atoms with Crippen LogP contribution in [0.3, 0.4) is 0 Å². The van der Waals surface area contributed by atoms with Crippen molar-refractivity contribution < 1.29 is 38.2 Å². The summed E-state index contributed by atoms with van der Waals surface area (Å²) in [4.78, 5) is 48.6. The Kier molecular flexibility index (Phi) is 15.5. The highest BCUT2D eigenvalue weighted by atomic mass is 32.1. The molecule has 0 aliphatic carbocycles. The quantitative estimate of drug-likeness (QED) is 0.0787. The molecular formula is C54H65FN12O7S. The number of amides is 2. The van der Waals surface area contributed by atoms with E-state index < -0.39 is 41.6 Å². The number of β-amino-alcohol motifs (C(OH)–C–C–N with tert-alkyl or cyclic N) is 1. The number of aromatic hydroxyl groups is 1. The molecule has 75 heavy (non-hydrogen) atoms. The number of carbonyl (C=O) groups excluding carboxylic acids is 2. The maximum atomic E-state index is 16.0. The predicted molar refractivity (Wildman–Crippen MR) is 282 cm³/mol. The van der Waals surface area contributed by atoms with Gasteiger partial charge in [-0.3, -0.25) is 19.4 Å². The average Bonchev–Trinajstić information content (AvgIpc) is 4.20. The molecule has 10 rings (SSSR count). The first-order valence-corrected chi connectivity index (χ1v) is 26.7. The van der Waals surface area contributed by atoms with Crippen LogP contribution in [0.2, 0.25) is 0 Å². The van der Waals surface area contributed by atoms with Crippen molar-refractivity contribution in [3.05, 3.63) is 101 Å². The minimum Gasteiger partial charge on any atom is -0.507 e. The molecule has 4 aliphatic rings. The Balaban J connectivity index is 0.666. The van der Waals surface area contributed by atoms with Crippen molar-refractivity contribution in [1.82, 2.24) is 45.3 Å². The number of phenols is 1. The van der Waals surface area contributed by atoms with Crippen molar-refractivity contribution in [2.75, 3.05) is 87.7 Å². The monoisotopic (exact) mass is 1040 g/mol. The molecule has 2 aromatic carbocycles. The largest absolute Gasteiger partial charge is 0.507 e. The third kappa shape index (κ3) is 11.2. The number of thiazole rings is 1. The number of hydrogen-bond donors (Lipinski definition) is 4. The fraction of sp³-hybridized carbons (Fsp3) is 0.463. The molecule has 2 bridgehead atoms. The smallest absolute Gasteiger partial charge is 0.291 e. The number of carbonyl (C=O) groups is 2. The van der Waals surface area contributed by atoms with Crippen LogP contribution in [-0.4, -0.2) is 158 Å². The Morgan fingerprint density at radius 3 is 2.31 bits per heavy atom. The summed E-state index contributed by atoms with van der Waals surface area (Å²) in [5.41, 5.74) is 14.2. The van der Waals surface area contributed by atoms with Crippen LogP contribution in [0, 0.1) is 18.7 Å². The van der Waals surface area contributed by atoms with Gasteiger partial charge < -0.3 is 50.0 Å². The van der Waals surface area contributed by atoms with Gasteiger partial charge in [0.2, 0.25) is 23.5 Å². The highest BCUT2D eigenvalue weighted by Gasteiger charge is 2.45. The normalized spacial score (nSPS) is 20.9. The number of anilines is 3. The SMILES string of the molecule is Cc1ncsc1-c1ccc([C@H](C)NC(=O)[C@@H]2C[C@@H](O)CN2C(=O)[C@@H](c2onc(OCCN3CCN(CCOc4cc(N5C6CCC5CN(c5cc(-c7ccccc7O)nnc5N)C6)ccn4)CC3)c2F)C(C)C)cc1. The molecule has 396 valence electrons. The Morgan fingerprint density at radius 1 is 0.920 bits per heavy atom. The number of rotatable bonds is 18. The average molecular weight is 1050 g/mol. The molecule has 21 heteroatoms. The molecule has 0 spiro atoms. The van der Waals surface area contributed by atoms with Crippen molar-refractivity contribution in [3.8, 4) is 39.2 Å². The zero-order chi connectivity index (χ0) is 52.3. The van der Waals surface area contributed by atoms with Crippen LogP contribution < -0.4 is 30.3 Å². The van der Waals surface area contributed by atoms with Crippen LogP contribution in [0.25, 0.3) is 21.7 Å². The highest BCUT2D eigenvalue weighted by molar-refractivity contribution is 7.13. The van der Waals surface area contributed by atoms with E-state index in [1.54, 1.807) is 43.5 Å². The number of aliphatic hydroxyl groups is 1. The van der Waals surface area contributed by atoms with Crippen LogP contribution >= 0.6 is 11.3 Å². The zero-order valence-electron chi connectivity index (χ0n) is 42.7. The number of para-hydroxylation sites is 1. The van der Waals surface area contributed by atoms with Crippen LogP contribution in [0.4, 0.5) is 21.6 Å². The summed E-state index contributed by atoms with van der Waals surface area (Å²) in [6.07, 6.45) is 3.03. The number of piperazine rings is 2. The molecule has 4 saturated heterocycles. The van der Waals surface area contributed by atoms with Crippen LogP contribution in [0.1, 0.15) is 69.0 Å². The lowest BCUT2D eigenvalue weighted by molar-refractivity contribution is -0.141. The van der Waals surface area contributed by atoms with E-state index in [0.29, 0.717) is 36.1 Å². The molecule has 2 amide bonds. The van der Waals surface area contributed by atoms with Gasteiger partial charge in [-0.05, 0) is 73.2 Å². The van der Waals surface area contributed by atoms with E-state index in [0.717, 1.165) is 91.7 Å². The van der Waals surface area contributed by atoms with Gasteiger partial charge >= 0.3 is 0 Å². The van der Waals surface area contributed by atoms with Crippen LogP contribution in [0.5, 0.6) is 17.5 Å². The Bertz CT molecular complexity index is 2940. The Morgan fingerprint density at radius 2 is 1.63 bits per heavy atom. The van der Waals surface area contributed by atoms with E-state index >= 15 is 4.39 Å². The Hall–Kier alpha value is -6.94. The minimum absolute atomic E-state index is 0.0527. The fourth-order valence-corrected chi connectivity index (χ4v) is 11.9. The molecule has 4 aromatic heterocycles.